The molecule has 1 aromatic rings. The number of aromatic carboxylic acids is 1. The molecule has 1 aliphatic heterocycles. The predicted molar refractivity (Wildman–Crippen MR) is 69.4 cm³/mol. The molecule has 1 fully saturated rings. The minimum atomic E-state index is -0.933. The van der Waals surface area contributed by atoms with E-state index in [4.69, 9.17) is 5.11 Å². The van der Waals surface area contributed by atoms with Crippen molar-refractivity contribution in [3.8, 4) is 0 Å². The van der Waals surface area contributed by atoms with Gasteiger partial charge < -0.3 is 10.5 Å². The number of aromatic nitrogens is 1. The standard InChI is InChI=1S/C13H19N3O2/c1-9-4-3-5-10(2)16(9)15-12-8-14-7-6-11(12)13(17)18/h6-10,15H,3-5H2,1-2H3,(H,17,18). The number of hydrazine groups is 1. The van der Waals surface area contributed by atoms with Gasteiger partial charge in [0, 0.05) is 18.3 Å². The van der Waals surface area contributed by atoms with Crippen LogP contribution < -0.4 is 5.43 Å². The molecule has 0 spiro atoms. The van der Waals surface area contributed by atoms with Crippen LogP contribution in [0.4, 0.5) is 5.69 Å². The van der Waals surface area contributed by atoms with Gasteiger partial charge in [0.1, 0.15) is 0 Å². The predicted octanol–water partition coefficient (Wildman–Crippen LogP) is 2.37. The maximum absolute atomic E-state index is 11.1. The molecule has 2 rings (SSSR count). The SMILES string of the molecule is CC1CCCC(C)N1Nc1cnccc1C(=O)O. The smallest absolute Gasteiger partial charge is 0.337 e. The molecule has 18 heavy (non-hydrogen) atoms. The Kier molecular flexibility index (Phi) is 3.81. The van der Waals surface area contributed by atoms with Gasteiger partial charge in [-0.05, 0) is 32.8 Å². The number of rotatable bonds is 3. The molecule has 0 radical (unpaired) electrons. The topological polar surface area (TPSA) is 65.5 Å². The fourth-order valence-electron chi connectivity index (χ4n) is 2.45. The first-order chi connectivity index (χ1) is 8.59. The van der Waals surface area contributed by atoms with Crippen molar-refractivity contribution in [2.45, 2.75) is 45.2 Å². The average molecular weight is 249 g/mol. The van der Waals surface area contributed by atoms with Crippen LogP contribution in [0.25, 0.3) is 0 Å². The largest absolute Gasteiger partial charge is 0.478 e. The van der Waals surface area contributed by atoms with Gasteiger partial charge in [0.2, 0.25) is 0 Å². The minimum Gasteiger partial charge on any atom is -0.478 e. The lowest BCUT2D eigenvalue weighted by Gasteiger charge is -2.39. The fraction of sp³-hybridized carbons (Fsp3) is 0.538. The van der Waals surface area contributed by atoms with Crippen LogP contribution in [-0.4, -0.2) is 33.2 Å². The molecular formula is C13H19N3O2. The second kappa shape index (κ2) is 5.35. The molecule has 5 heteroatoms. The normalized spacial score (nSPS) is 24.8. The van der Waals surface area contributed by atoms with Crippen molar-refractivity contribution in [3.63, 3.8) is 0 Å². The van der Waals surface area contributed by atoms with Gasteiger partial charge in [0.25, 0.3) is 0 Å². The molecule has 1 aliphatic rings. The number of nitrogens with zero attached hydrogens (tertiary/aromatic N) is 2. The van der Waals surface area contributed by atoms with Gasteiger partial charge in [-0.2, -0.15) is 0 Å². The Hall–Kier alpha value is -1.62. The van der Waals surface area contributed by atoms with Crippen LogP contribution in [0.15, 0.2) is 18.5 Å². The van der Waals surface area contributed by atoms with E-state index >= 15 is 0 Å². The Labute approximate surface area is 107 Å². The summed E-state index contributed by atoms with van der Waals surface area (Å²) in [6.45, 7) is 4.30. The molecule has 0 bridgehead atoms. The Morgan fingerprint density at radius 3 is 2.72 bits per heavy atom. The average Bonchev–Trinajstić information content (AvgIpc) is 2.34. The molecule has 2 unspecified atom stereocenters. The quantitative estimate of drug-likeness (QED) is 0.861. The number of hydrogen-bond acceptors (Lipinski definition) is 4. The molecule has 0 saturated carbocycles. The van der Waals surface area contributed by atoms with Gasteiger partial charge in [0.15, 0.2) is 0 Å². The van der Waals surface area contributed by atoms with Crippen LogP contribution in [0.1, 0.15) is 43.5 Å². The van der Waals surface area contributed by atoms with E-state index in [2.05, 4.69) is 29.3 Å². The maximum Gasteiger partial charge on any atom is 0.337 e. The van der Waals surface area contributed by atoms with Crippen molar-refractivity contribution in [2.75, 3.05) is 5.43 Å². The number of carboxylic acids is 1. The Bertz CT molecular complexity index is 426. The van der Waals surface area contributed by atoms with Crippen LogP contribution in [0.3, 0.4) is 0 Å². The number of piperidine rings is 1. The van der Waals surface area contributed by atoms with Crippen LogP contribution in [0.2, 0.25) is 0 Å². The van der Waals surface area contributed by atoms with Crippen LogP contribution in [0, 0.1) is 0 Å². The highest BCUT2D eigenvalue weighted by Gasteiger charge is 2.25. The lowest BCUT2D eigenvalue weighted by Crippen LogP contribution is -2.47. The summed E-state index contributed by atoms with van der Waals surface area (Å²) in [5.74, 6) is -0.933. The summed E-state index contributed by atoms with van der Waals surface area (Å²) >= 11 is 0. The van der Waals surface area contributed by atoms with Gasteiger partial charge in [-0.25, -0.2) is 9.80 Å². The molecule has 1 aromatic heterocycles. The van der Waals surface area contributed by atoms with Crippen LogP contribution in [-0.2, 0) is 0 Å². The Morgan fingerprint density at radius 2 is 2.11 bits per heavy atom. The summed E-state index contributed by atoms with van der Waals surface area (Å²) in [5.41, 5.74) is 4.04. The fourth-order valence-corrected chi connectivity index (χ4v) is 2.45. The monoisotopic (exact) mass is 249 g/mol. The molecule has 0 amide bonds. The molecule has 0 aromatic carbocycles. The summed E-state index contributed by atoms with van der Waals surface area (Å²) in [4.78, 5) is 15.1. The Balaban J connectivity index is 2.20. The summed E-state index contributed by atoms with van der Waals surface area (Å²) in [6, 6.07) is 2.32. The van der Waals surface area contributed by atoms with E-state index in [9.17, 15) is 4.79 Å². The first-order valence-electron chi connectivity index (χ1n) is 6.32. The Morgan fingerprint density at radius 1 is 1.44 bits per heavy atom. The van der Waals surface area contributed by atoms with E-state index in [0.717, 1.165) is 12.8 Å². The summed E-state index contributed by atoms with van der Waals surface area (Å²) in [7, 11) is 0. The highest BCUT2D eigenvalue weighted by molar-refractivity contribution is 5.93. The van der Waals surface area contributed by atoms with E-state index in [-0.39, 0.29) is 5.56 Å². The molecule has 2 N–H and O–H groups in total. The molecular weight excluding hydrogens is 230 g/mol. The van der Waals surface area contributed by atoms with E-state index < -0.39 is 5.97 Å². The lowest BCUT2D eigenvalue weighted by atomic mass is 10.00. The number of carboxylic acid groups (broad SMARTS) is 1. The maximum atomic E-state index is 11.1. The number of pyridine rings is 1. The second-order valence-electron chi connectivity index (χ2n) is 4.87. The van der Waals surface area contributed by atoms with Crippen molar-refractivity contribution in [3.05, 3.63) is 24.0 Å². The van der Waals surface area contributed by atoms with Crippen molar-refractivity contribution in [1.29, 1.82) is 0 Å². The minimum absolute atomic E-state index is 0.259. The molecule has 5 nitrogen and oxygen atoms in total. The number of anilines is 1. The zero-order valence-corrected chi connectivity index (χ0v) is 10.8. The van der Waals surface area contributed by atoms with Crippen molar-refractivity contribution in [2.24, 2.45) is 0 Å². The van der Waals surface area contributed by atoms with Gasteiger partial charge in [-0.15, -0.1) is 0 Å². The second-order valence-corrected chi connectivity index (χ2v) is 4.87. The summed E-state index contributed by atoms with van der Waals surface area (Å²) in [5, 5.41) is 11.3. The van der Waals surface area contributed by atoms with E-state index in [1.54, 1.807) is 6.20 Å². The first kappa shape index (κ1) is 12.8. The summed E-state index contributed by atoms with van der Waals surface area (Å²) in [6.07, 6.45) is 6.54. The lowest BCUT2D eigenvalue weighted by molar-refractivity contribution is 0.0696. The summed E-state index contributed by atoms with van der Waals surface area (Å²) < 4.78 is 0. The van der Waals surface area contributed by atoms with Crippen molar-refractivity contribution in [1.82, 2.24) is 9.99 Å². The number of nitrogens with one attached hydrogen (secondary N) is 1. The van der Waals surface area contributed by atoms with E-state index in [1.807, 2.05) is 0 Å². The third-order valence-corrected chi connectivity index (χ3v) is 3.49. The third-order valence-electron chi connectivity index (χ3n) is 3.49. The zero-order chi connectivity index (χ0) is 13.1. The van der Waals surface area contributed by atoms with Crippen molar-refractivity contribution < 1.29 is 9.90 Å². The highest BCUT2D eigenvalue weighted by atomic mass is 16.4. The van der Waals surface area contributed by atoms with Gasteiger partial charge in [0.05, 0.1) is 17.4 Å². The van der Waals surface area contributed by atoms with E-state index in [1.165, 1.54) is 18.7 Å². The van der Waals surface area contributed by atoms with Gasteiger partial charge in [-0.3, -0.25) is 4.98 Å². The molecule has 1 saturated heterocycles. The van der Waals surface area contributed by atoms with E-state index in [0.29, 0.717) is 17.8 Å². The van der Waals surface area contributed by atoms with Gasteiger partial charge in [-0.1, -0.05) is 6.42 Å². The van der Waals surface area contributed by atoms with Crippen molar-refractivity contribution >= 4 is 11.7 Å². The highest BCUT2D eigenvalue weighted by Crippen LogP contribution is 2.24. The third kappa shape index (κ3) is 2.61. The molecule has 98 valence electrons. The molecule has 2 heterocycles. The number of carbonyl (C=O) groups is 1. The zero-order valence-electron chi connectivity index (χ0n) is 10.8. The van der Waals surface area contributed by atoms with Crippen LogP contribution >= 0.6 is 0 Å². The molecule has 2 atom stereocenters. The molecule has 0 aliphatic carbocycles. The number of hydrogen-bond donors (Lipinski definition) is 2. The first-order valence-corrected chi connectivity index (χ1v) is 6.32. The van der Waals surface area contributed by atoms with Gasteiger partial charge >= 0.3 is 5.97 Å². The van der Waals surface area contributed by atoms with Crippen LogP contribution in [0.5, 0.6) is 0 Å².